The number of aliphatic carboxylic acids is 1. The van der Waals surface area contributed by atoms with Crippen LogP contribution in [0, 0.1) is 12.8 Å². The number of unbranched alkanes of at least 4 members (excludes halogenated alkanes) is 1. The molecule has 0 radical (unpaired) electrons. The monoisotopic (exact) mass is 488 g/mol. The topological polar surface area (TPSA) is 77.8 Å². The van der Waals surface area contributed by atoms with Gasteiger partial charge in [0.05, 0.1) is 12.2 Å². The molecule has 0 spiro atoms. The van der Waals surface area contributed by atoms with Gasteiger partial charge in [-0.2, -0.15) is 0 Å². The molecule has 0 saturated heterocycles. The Morgan fingerprint density at radius 3 is 2.93 bits per heavy atom. The van der Waals surface area contributed by atoms with E-state index >= 15 is 0 Å². The lowest BCUT2D eigenvalue weighted by Gasteiger charge is -2.17. The molecule has 1 aliphatic carbocycles. The van der Waals surface area contributed by atoms with Gasteiger partial charge in [-0.05, 0) is 78.8 Å². The first-order chi connectivity index (χ1) is 13.4. The van der Waals surface area contributed by atoms with Crippen LogP contribution in [0.3, 0.4) is 0 Å². The summed E-state index contributed by atoms with van der Waals surface area (Å²) in [6.07, 6.45) is 9.91. The Morgan fingerprint density at radius 2 is 2.25 bits per heavy atom. The van der Waals surface area contributed by atoms with Gasteiger partial charge in [0.25, 0.3) is 0 Å². The van der Waals surface area contributed by atoms with Crippen LogP contribution in [0.25, 0.3) is 0 Å². The van der Waals surface area contributed by atoms with Crippen molar-refractivity contribution in [2.45, 2.75) is 69.3 Å². The van der Waals surface area contributed by atoms with E-state index in [2.05, 4.69) is 35.0 Å². The number of thiophene rings is 1. The minimum absolute atomic E-state index is 0.0927. The molecule has 3 N–H and O–H groups in total. The van der Waals surface area contributed by atoms with E-state index in [-0.39, 0.29) is 23.7 Å². The molecule has 4 nitrogen and oxygen atoms in total. The number of hydrogen-bond donors (Lipinski definition) is 3. The molecular formula is C21H29BrO4S2. The lowest BCUT2D eigenvalue weighted by atomic mass is 10.0. The Balaban J connectivity index is 1.76. The fraction of sp³-hybridized carbons (Fsp3) is 0.571. The number of rotatable bonds is 11. The zero-order valence-corrected chi connectivity index (χ0v) is 19.3. The van der Waals surface area contributed by atoms with Crippen LogP contribution < -0.4 is 0 Å². The number of carboxylic acid groups (broad SMARTS) is 1. The summed E-state index contributed by atoms with van der Waals surface area (Å²) in [6, 6.07) is 2.12. The molecule has 7 heteroatoms. The van der Waals surface area contributed by atoms with E-state index in [0.717, 1.165) is 30.2 Å². The van der Waals surface area contributed by atoms with E-state index in [1.807, 2.05) is 17.6 Å². The predicted octanol–water partition coefficient (Wildman–Crippen LogP) is 5.31. The van der Waals surface area contributed by atoms with Crippen LogP contribution >= 0.6 is 39.0 Å². The van der Waals surface area contributed by atoms with Crippen LogP contribution in [-0.4, -0.2) is 38.7 Å². The van der Waals surface area contributed by atoms with Crippen LogP contribution in [0.5, 0.6) is 0 Å². The smallest absolute Gasteiger partial charge is 0.303 e. The van der Waals surface area contributed by atoms with Crippen molar-refractivity contribution < 1.29 is 20.1 Å². The molecule has 0 aliphatic heterocycles. The van der Waals surface area contributed by atoms with E-state index in [0.29, 0.717) is 12.8 Å². The normalized spacial score (nSPS) is 23.8. The summed E-state index contributed by atoms with van der Waals surface area (Å²) in [5, 5.41) is 31.3. The van der Waals surface area contributed by atoms with E-state index in [1.165, 1.54) is 9.75 Å². The van der Waals surface area contributed by atoms with Gasteiger partial charge in [0.1, 0.15) is 0 Å². The number of hydrogen-bond acceptors (Lipinski definition) is 5. The second-order valence-electron chi connectivity index (χ2n) is 7.17. The van der Waals surface area contributed by atoms with Crippen LogP contribution in [0.2, 0.25) is 0 Å². The number of aliphatic hydroxyl groups is 2. The van der Waals surface area contributed by atoms with Crippen LogP contribution in [0.4, 0.5) is 0 Å². The van der Waals surface area contributed by atoms with Crippen molar-refractivity contribution in [2.24, 2.45) is 5.92 Å². The number of aliphatic hydroxyl groups excluding tert-OH is 2. The third-order valence-electron chi connectivity index (χ3n) is 4.87. The fourth-order valence-corrected chi connectivity index (χ4v) is 6.05. The standard InChI is InChI=1S/C21H29BrO4S2/c1-14-18(22)13-17(28-14)10-9-16(23)8-6-15-7-11-19(24)21(15)27-12-4-2-3-5-20(25)26/h4,6,8,12-13,15-16,19,21,23-24H,2-3,5,7,9-11H2,1H3,(H,25,26)/b8-6+,12-4-/t15-,16+,19?,21+/m0/s1. The SMILES string of the molecule is Cc1sc(CC[C@H](O)/C=C/[C@H]2CCC(O)[C@@H]2S/C=C\CCCC(=O)O)cc1Br. The van der Waals surface area contributed by atoms with Crippen molar-refractivity contribution in [1.29, 1.82) is 0 Å². The largest absolute Gasteiger partial charge is 0.481 e. The number of thioether (sulfide) groups is 1. The van der Waals surface area contributed by atoms with Crippen LogP contribution in [0.1, 0.15) is 48.3 Å². The summed E-state index contributed by atoms with van der Waals surface area (Å²) in [5.41, 5.74) is 0. The first kappa shape index (κ1) is 23.7. The molecule has 2 rings (SSSR count). The van der Waals surface area contributed by atoms with Gasteiger partial charge in [0, 0.05) is 25.9 Å². The maximum Gasteiger partial charge on any atom is 0.303 e. The quantitative estimate of drug-likeness (QED) is 0.290. The van der Waals surface area contributed by atoms with E-state index in [4.69, 9.17) is 5.11 Å². The number of allylic oxidation sites excluding steroid dienone is 2. The Morgan fingerprint density at radius 1 is 1.46 bits per heavy atom. The molecule has 156 valence electrons. The van der Waals surface area contributed by atoms with Gasteiger partial charge in [0.15, 0.2) is 0 Å². The van der Waals surface area contributed by atoms with E-state index in [1.54, 1.807) is 23.1 Å². The van der Waals surface area contributed by atoms with Gasteiger partial charge in [-0.15, -0.1) is 23.1 Å². The number of carbonyl (C=O) groups is 1. The van der Waals surface area contributed by atoms with E-state index < -0.39 is 12.1 Å². The van der Waals surface area contributed by atoms with E-state index in [9.17, 15) is 15.0 Å². The Bertz CT molecular complexity index is 666. The molecule has 1 aliphatic rings. The molecule has 28 heavy (non-hydrogen) atoms. The van der Waals surface area contributed by atoms with Crippen molar-refractivity contribution in [2.75, 3.05) is 0 Å². The highest BCUT2D eigenvalue weighted by molar-refractivity contribution is 9.10. The third-order valence-corrected chi connectivity index (χ3v) is 8.39. The number of carboxylic acids is 1. The van der Waals surface area contributed by atoms with Gasteiger partial charge in [-0.3, -0.25) is 4.79 Å². The second kappa shape index (κ2) is 12.2. The minimum atomic E-state index is -0.766. The minimum Gasteiger partial charge on any atom is -0.481 e. The summed E-state index contributed by atoms with van der Waals surface area (Å²) in [4.78, 5) is 13.0. The van der Waals surface area contributed by atoms with Crippen molar-refractivity contribution in [3.05, 3.63) is 43.9 Å². The third kappa shape index (κ3) is 8.03. The van der Waals surface area contributed by atoms with Gasteiger partial charge < -0.3 is 15.3 Å². The highest BCUT2D eigenvalue weighted by atomic mass is 79.9. The second-order valence-corrected chi connectivity index (χ2v) is 10.5. The van der Waals surface area contributed by atoms with Crippen LogP contribution in [0.15, 0.2) is 34.2 Å². The first-order valence-electron chi connectivity index (χ1n) is 9.68. The maximum absolute atomic E-state index is 10.5. The lowest BCUT2D eigenvalue weighted by Crippen LogP contribution is -2.20. The molecule has 0 aromatic carbocycles. The molecule has 1 heterocycles. The maximum atomic E-state index is 10.5. The van der Waals surface area contributed by atoms with Crippen molar-refractivity contribution >= 4 is 45.0 Å². The average Bonchev–Trinajstić information content (AvgIpc) is 3.16. The van der Waals surface area contributed by atoms with Crippen molar-refractivity contribution in [3.63, 3.8) is 0 Å². The predicted molar refractivity (Wildman–Crippen MR) is 121 cm³/mol. The Labute approximate surface area is 183 Å². The van der Waals surface area contributed by atoms with Gasteiger partial charge in [-0.25, -0.2) is 0 Å². The summed E-state index contributed by atoms with van der Waals surface area (Å²) in [7, 11) is 0. The fourth-order valence-electron chi connectivity index (χ4n) is 3.26. The molecule has 1 saturated carbocycles. The molecular weight excluding hydrogens is 460 g/mol. The molecule has 1 unspecified atom stereocenters. The molecule has 1 aromatic heterocycles. The lowest BCUT2D eigenvalue weighted by molar-refractivity contribution is -0.137. The van der Waals surface area contributed by atoms with Crippen LogP contribution in [-0.2, 0) is 11.2 Å². The highest BCUT2D eigenvalue weighted by Gasteiger charge is 2.33. The first-order valence-corrected chi connectivity index (χ1v) is 12.2. The highest BCUT2D eigenvalue weighted by Crippen LogP contribution is 2.37. The number of halogens is 1. The molecule has 1 aromatic rings. The molecule has 1 fully saturated rings. The molecule has 0 amide bonds. The van der Waals surface area contributed by atoms with Gasteiger partial charge in [-0.1, -0.05) is 18.2 Å². The van der Waals surface area contributed by atoms with Gasteiger partial charge in [0.2, 0.25) is 0 Å². The van der Waals surface area contributed by atoms with Crippen molar-refractivity contribution in [3.8, 4) is 0 Å². The zero-order chi connectivity index (χ0) is 20.5. The summed E-state index contributed by atoms with van der Waals surface area (Å²) >= 11 is 6.90. The summed E-state index contributed by atoms with van der Waals surface area (Å²) in [6.45, 7) is 2.08. The summed E-state index contributed by atoms with van der Waals surface area (Å²) in [5.74, 6) is -0.519. The van der Waals surface area contributed by atoms with Gasteiger partial charge >= 0.3 is 5.97 Å². The summed E-state index contributed by atoms with van der Waals surface area (Å²) < 4.78 is 1.13. The Kier molecular flexibility index (Phi) is 10.3. The number of aryl methyl sites for hydroxylation is 2. The van der Waals surface area contributed by atoms with Crippen molar-refractivity contribution in [1.82, 2.24) is 0 Å². The molecule has 0 bridgehead atoms. The molecule has 4 atom stereocenters. The average molecular weight is 489 g/mol. The Hall–Kier alpha value is -0.600. The zero-order valence-electron chi connectivity index (χ0n) is 16.1.